The molecule has 2 unspecified atom stereocenters. The minimum absolute atomic E-state index is 0.681. The summed E-state index contributed by atoms with van der Waals surface area (Å²) in [5.41, 5.74) is 0. The highest BCUT2D eigenvalue weighted by Crippen LogP contribution is 2.28. The molecule has 1 heterocycles. The van der Waals surface area contributed by atoms with Gasteiger partial charge in [-0.15, -0.1) is 0 Å². The smallest absolute Gasteiger partial charge is 0.120 e. The molecule has 1 rings (SSSR count). The highest BCUT2D eigenvalue weighted by molar-refractivity contribution is 5.49. The molecule has 0 bridgehead atoms. The molecular weight excluding hydrogens is 162 g/mol. The molecule has 0 saturated carbocycles. The molecule has 0 aromatic rings. The second-order valence-corrected chi connectivity index (χ2v) is 4.44. The van der Waals surface area contributed by atoms with Crippen LogP contribution in [0.3, 0.4) is 0 Å². The lowest BCUT2D eigenvalue weighted by Crippen LogP contribution is -2.43. The van der Waals surface area contributed by atoms with Gasteiger partial charge in [0.25, 0.3) is 0 Å². The van der Waals surface area contributed by atoms with Crippen LogP contribution in [-0.2, 0) is 4.79 Å². The largest absolute Gasteiger partial charge is 0.303 e. The van der Waals surface area contributed by atoms with Crippen LogP contribution in [0.15, 0.2) is 0 Å². The average Bonchev–Trinajstić information content (AvgIpc) is 2.10. The monoisotopic (exact) mass is 183 g/mol. The maximum absolute atomic E-state index is 10.3. The summed E-state index contributed by atoms with van der Waals surface area (Å²) >= 11 is 0. The Bertz CT molecular complexity index is 157. The molecule has 2 atom stereocenters. The summed E-state index contributed by atoms with van der Waals surface area (Å²) in [6.07, 6.45) is 5.40. The van der Waals surface area contributed by atoms with Crippen LogP contribution in [0.25, 0.3) is 0 Å². The Labute approximate surface area is 81.3 Å². The van der Waals surface area contributed by atoms with E-state index in [1.807, 2.05) is 0 Å². The van der Waals surface area contributed by atoms with Gasteiger partial charge in [-0.3, -0.25) is 0 Å². The van der Waals surface area contributed by atoms with Crippen molar-refractivity contribution in [2.75, 3.05) is 7.05 Å². The Morgan fingerprint density at radius 3 is 2.31 bits per heavy atom. The number of piperidine rings is 1. The summed E-state index contributed by atoms with van der Waals surface area (Å²) in [5, 5.41) is 0. The van der Waals surface area contributed by atoms with Gasteiger partial charge in [-0.2, -0.15) is 0 Å². The van der Waals surface area contributed by atoms with Crippen molar-refractivity contribution in [1.29, 1.82) is 0 Å². The van der Waals surface area contributed by atoms with Crippen LogP contribution in [0.5, 0.6) is 0 Å². The number of hydrogen-bond donors (Lipinski definition) is 0. The van der Waals surface area contributed by atoms with Gasteiger partial charge in [0.15, 0.2) is 0 Å². The lowest BCUT2D eigenvalue weighted by Gasteiger charge is -2.40. The second kappa shape index (κ2) is 4.75. The number of rotatable bonds is 3. The standard InChI is InChI=1S/C11H21NO/c1-9-7-11(5-4-6-13)8-10(2)12(9)3/h6,9-11H,4-5,7-8H2,1-3H3. The molecule has 0 amide bonds. The maximum Gasteiger partial charge on any atom is 0.120 e. The van der Waals surface area contributed by atoms with Gasteiger partial charge < -0.3 is 9.69 Å². The minimum Gasteiger partial charge on any atom is -0.303 e. The van der Waals surface area contributed by atoms with Crippen molar-refractivity contribution in [3.05, 3.63) is 0 Å². The van der Waals surface area contributed by atoms with Gasteiger partial charge in [0.2, 0.25) is 0 Å². The van der Waals surface area contributed by atoms with E-state index in [0.29, 0.717) is 12.1 Å². The first-order valence-corrected chi connectivity index (χ1v) is 5.30. The molecule has 2 nitrogen and oxygen atoms in total. The third kappa shape index (κ3) is 2.80. The molecule has 0 aromatic heterocycles. The first kappa shape index (κ1) is 10.7. The Morgan fingerprint density at radius 2 is 1.85 bits per heavy atom. The van der Waals surface area contributed by atoms with Crippen molar-refractivity contribution < 1.29 is 4.79 Å². The van der Waals surface area contributed by atoms with Gasteiger partial charge in [0.1, 0.15) is 6.29 Å². The summed E-state index contributed by atoms with van der Waals surface area (Å²) in [6.45, 7) is 4.56. The fraction of sp³-hybridized carbons (Fsp3) is 0.909. The lowest BCUT2D eigenvalue weighted by molar-refractivity contribution is -0.108. The van der Waals surface area contributed by atoms with Gasteiger partial charge in [-0.05, 0) is 46.1 Å². The number of carbonyl (C=O) groups excluding carboxylic acids is 1. The SMILES string of the molecule is CC1CC(CCC=O)CC(C)N1C. The zero-order valence-corrected chi connectivity index (χ0v) is 8.99. The summed E-state index contributed by atoms with van der Waals surface area (Å²) in [6, 6.07) is 1.36. The van der Waals surface area contributed by atoms with Crippen LogP contribution in [0.2, 0.25) is 0 Å². The normalized spacial score (nSPS) is 36.1. The minimum atomic E-state index is 0.681. The predicted molar refractivity (Wildman–Crippen MR) is 54.7 cm³/mol. The van der Waals surface area contributed by atoms with E-state index in [1.165, 1.54) is 12.8 Å². The predicted octanol–water partition coefficient (Wildman–Crippen LogP) is 2.08. The summed E-state index contributed by atoms with van der Waals surface area (Å²) in [4.78, 5) is 12.7. The van der Waals surface area contributed by atoms with Crippen LogP contribution in [0.4, 0.5) is 0 Å². The number of aldehydes is 1. The van der Waals surface area contributed by atoms with Crippen LogP contribution >= 0.6 is 0 Å². The highest BCUT2D eigenvalue weighted by Gasteiger charge is 2.27. The van der Waals surface area contributed by atoms with Gasteiger partial charge in [0.05, 0.1) is 0 Å². The first-order valence-electron chi connectivity index (χ1n) is 5.30. The molecule has 1 fully saturated rings. The molecule has 13 heavy (non-hydrogen) atoms. The van der Waals surface area contributed by atoms with Gasteiger partial charge in [-0.1, -0.05) is 0 Å². The van der Waals surface area contributed by atoms with E-state index < -0.39 is 0 Å². The zero-order valence-electron chi connectivity index (χ0n) is 8.99. The fourth-order valence-electron chi connectivity index (χ4n) is 2.37. The van der Waals surface area contributed by atoms with Crippen molar-refractivity contribution in [3.8, 4) is 0 Å². The molecule has 0 aliphatic carbocycles. The Balaban J connectivity index is 2.39. The van der Waals surface area contributed by atoms with E-state index >= 15 is 0 Å². The molecule has 2 heteroatoms. The summed E-state index contributed by atoms with van der Waals surface area (Å²) in [7, 11) is 2.20. The third-order valence-corrected chi connectivity index (χ3v) is 3.43. The van der Waals surface area contributed by atoms with Crippen LogP contribution in [0.1, 0.15) is 39.5 Å². The van der Waals surface area contributed by atoms with Gasteiger partial charge in [0, 0.05) is 18.5 Å². The molecule has 76 valence electrons. The first-order chi connectivity index (χ1) is 6.15. The maximum atomic E-state index is 10.3. The van der Waals surface area contributed by atoms with Crippen LogP contribution in [-0.4, -0.2) is 30.3 Å². The van der Waals surface area contributed by atoms with E-state index in [1.54, 1.807) is 0 Å². The van der Waals surface area contributed by atoms with E-state index in [9.17, 15) is 4.79 Å². The Kier molecular flexibility index (Phi) is 3.91. The van der Waals surface area contributed by atoms with Crippen LogP contribution < -0.4 is 0 Å². The topological polar surface area (TPSA) is 20.3 Å². The van der Waals surface area contributed by atoms with Crippen LogP contribution in [0, 0.1) is 5.92 Å². The number of hydrogen-bond acceptors (Lipinski definition) is 2. The second-order valence-electron chi connectivity index (χ2n) is 4.44. The molecule has 0 aromatic carbocycles. The van der Waals surface area contributed by atoms with Gasteiger partial charge in [-0.25, -0.2) is 0 Å². The van der Waals surface area contributed by atoms with Gasteiger partial charge >= 0.3 is 0 Å². The molecule has 1 aliphatic heterocycles. The van der Waals surface area contributed by atoms with Crippen molar-refractivity contribution in [2.45, 2.75) is 51.6 Å². The molecule has 1 aliphatic rings. The molecule has 0 spiro atoms. The van der Waals surface area contributed by atoms with Crippen molar-refractivity contribution in [1.82, 2.24) is 4.90 Å². The highest BCUT2D eigenvalue weighted by atomic mass is 16.1. The lowest BCUT2D eigenvalue weighted by atomic mass is 9.85. The van der Waals surface area contributed by atoms with Crippen molar-refractivity contribution >= 4 is 6.29 Å². The van der Waals surface area contributed by atoms with E-state index in [-0.39, 0.29) is 0 Å². The Morgan fingerprint density at radius 1 is 1.31 bits per heavy atom. The quantitative estimate of drug-likeness (QED) is 0.624. The van der Waals surface area contributed by atoms with E-state index in [2.05, 4.69) is 25.8 Å². The molecule has 0 N–H and O–H groups in total. The summed E-state index contributed by atoms with van der Waals surface area (Å²) < 4.78 is 0. The number of likely N-dealkylation sites (tertiary alicyclic amines) is 1. The molecular formula is C11H21NO. The average molecular weight is 183 g/mol. The zero-order chi connectivity index (χ0) is 9.84. The molecule has 0 radical (unpaired) electrons. The van der Waals surface area contributed by atoms with Crippen molar-refractivity contribution in [2.24, 2.45) is 5.92 Å². The summed E-state index contributed by atoms with van der Waals surface area (Å²) in [5.74, 6) is 0.770. The molecule has 1 saturated heterocycles. The van der Waals surface area contributed by atoms with Crippen molar-refractivity contribution in [3.63, 3.8) is 0 Å². The fourth-order valence-corrected chi connectivity index (χ4v) is 2.37. The van der Waals surface area contributed by atoms with E-state index in [4.69, 9.17) is 0 Å². The number of carbonyl (C=O) groups is 1. The van der Waals surface area contributed by atoms with E-state index in [0.717, 1.165) is 25.0 Å². The Hall–Kier alpha value is -0.370. The third-order valence-electron chi connectivity index (χ3n) is 3.43. The number of nitrogens with zero attached hydrogens (tertiary/aromatic N) is 1.